The standard InChI is InChI=1S/C15H16O/c1-15(2,3)14-6-4-5-12-8-7-11(10-16)9-13(12)14/h4-10H,1-3H3. The Morgan fingerprint density at radius 3 is 2.44 bits per heavy atom. The van der Waals surface area contributed by atoms with Crippen molar-refractivity contribution in [2.45, 2.75) is 26.2 Å². The summed E-state index contributed by atoms with van der Waals surface area (Å²) < 4.78 is 0. The van der Waals surface area contributed by atoms with E-state index in [1.54, 1.807) is 0 Å². The summed E-state index contributed by atoms with van der Waals surface area (Å²) in [6.07, 6.45) is 0.902. The quantitative estimate of drug-likeness (QED) is 0.654. The SMILES string of the molecule is CC(C)(C)c1cccc2ccc(C=O)cc12. The van der Waals surface area contributed by atoms with E-state index in [2.05, 4.69) is 39.0 Å². The third-order valence-corrected chi connectivity index (χ3v) is 2.85. The Hall–Kier alpha value is -1.63. The third-order valence-electron chi connectivity index (χ3n) is 2.85. The summed E-state index contributed by atoms with van der Waals surface area (Å²) in [7, 11) is 0. The zero-order valence-corrected chi connectivity index (χ0v) is 9.95. The molecular formula is C15H16O. The predicted molar refractivity (Wildman–Crippen MR) is 68.0 cm³/mol. The van der Waals surface area contributed by atoms with Crippen LogP contribution in [-0.4, -0.2) is 6.29 Å². The number of hydrogen-bond acceptors (Lipinski definition) is 1. The van der Waals surface area contributed by atoms with Crippen molar-refractivity contribution in [2.75, 3.05) is 0 Å². The molecule has 16 heavy (non-hydrogen) atoms. The van der Waals surface area contributed by atoms with Crippen LogP contribution < -0.4 is 0 Å². The molecule has 1 nitrogen and oxygen atoms in total. The van der Waals surface area contributed by atoms with Crippen LogP contribution in [0.25, 0.3) is 10.8 Å². The fraction of sp³-hybridized carbons (Fsp3) is 0.267. The molecule has 0 bridgehead atoms. The Morgan fingerprint density at radius 2 is 1.81 bits per heavy atom. The first-order chi connectivity index (χ1) is 7.52. The summed E-state index contributed by atoms with van der Waals surface area (Å²) in [4.78, 5) is 10.8. The Kier molecular flexibility index (Phi) is 2.55. The topological polar surface area (TPSA) is 17.1 Å². The van der Waals surface area contributed by atoms with Crippen molar-refractivity contribution in [3.63, 3.8) is 0 Å². The Morgan fingerprint density at radius 1 is 1.06 bits per heavy atom. The number of carbonyl (C=O) groups is 1. The molecule has 0 atom stereocenters. The number of benzene rings is 2. The lowest BCUT2D eigenvalue weighted by Gasteiger charge is -2.21. The van der Waals surface area contributed by atoms with Crippen LogP contribution in [0.3, 0.4) is 0 Å². The van der Waals surface area contributed by atoms with Crippen molar-refractivity contribution >= 4 is 17.1 Å². The van der Waals surface area contributed by atoms with E-state index >= 15 is 0 Å². The van der Waals surface area contributed by atoms with Crippen molar-refractivity contribution in [1.82, 2.24) is 0 Å². The van der Waals surface area contributed by atoms with Crippen LogP contribution in [0.2, 0.25) is 0 Å². The molecule has 0 amide bonds. The molecule has 0 fully saturated rings. The second-order valence-electron chi connectivity index (χ2n) is 5.15. The molecule has 1 heteroatoms. The summed E-state index contributed by atoms with van der Waals surface area (Å²) in [6.45, 7) is 6.57. The molecule has 0 saturated carbocycles. The van der Waals surface area contributed by atoms with Gasteiger partial charge in [0, 0.05) is 5.56 Å². The van der Waals surface area contributed by atoms with Crippen molar-refractivity contribution in [3.05, 3.63) is 47.5 Å². The van der Waals surface area contributed by atoms with Crippen LogP contribution in [0.5, 0.6) is 0 Å². The Bertz CT molecular complexity index is 533. The smallest absolute Gasteiger partial charge is 0.150 e. The van der Waals surface area contributed by atoms with Crippen LogP contribution >= 0.6 is 0 Å². The van der Waals surface area contributed by atoms with E-state index in [-0.39, 0.29) is 5.41 Å². The summed E-state index contributed by atoms with van der Waals surface area (Å²) in [6, 6.07) is 12.1. The van der Waals surface area contributed by atoms with E-state index in [9.17, 15) is 4.79 Å². The van der Waals surface area contributed by atoms with E-state index in [1.807, 2.05) is 18.2 Å². The van der Waals surface area contributed by atoms with Gasteiger partial charge in [-0.05, 0) is 27.8 Å². The lowest BCUT2D eigenvalue weighted by Crippen LogP contribution is -2.11. The van der Waals surface area contributed by atoms with Crippen LogP contribution in [0.4, 0.5) is 0 Å². The van der Waals surface area contributed by atoms with Gasteiger partial charge in [-0.15, -0.1) is 0 Å². The highest BCUT2D eigenvalue weighted by molar-refractivity contribution is 5.91. The van der Waals surface area contributed by atoms with E-state index in [0.29, 0.717) is 0 Å². The molecule has 0 aliphatic rings. The minimum atomic E-state index is 0.0982. The molecule has 2 rings (SSSR count). The van der Waals surface area contributed by atoms with Crippen molar-refractivity contribution in [1.29, 1.82) is 0 Å². The lowest BCUT2D eigenvalue weighted by atomic mass is 9.83. The van der Waals surface area contributed by atoms with E-state index in [1.165, 1.54) is 16.3 Å². The van der Waals surface area contributed by atoms with Crippen molar-refractivity contribution in [3.8, 4) is 0 Å². The van der Waals surface area contributed by atoms with Gasteiger partial charge in [-0.1, -0.05) is 51.1 Å². The monoisotopic (exact) mass is 212 g/mol. The Balaban J connectivity index is 2.79. The lowest BCUT2D eigenvalue weighted by molar-refractivity contribution is 0.112. The fourth-order valence-corrected chi connectivity index (χ4v) is 2.02. The van der Waals surface area contributed by atoms with Gasteiger partial charge in [-0.2, -0.15) is 0 Å². The van der Waals surface area contributed by atoms with Crippen molar-refractivity contribution in [2.24, 2.45) is 0 Å². The second kappa shape index (κ2) is 3.75. The molecule has 2 aromatic carbocycles. The number of aldehydes is 1. The molecule has 0 aliphatic carbocycles. The predicted octanol–water partition coefficient (Wildman–Crippen LogP) is 3.95. The maximum atomic E-state index is 10.8. The number of rotatable bonds is 1. The largest absolute Gasteiger partial charge is 0.298 e. The van der Waals surface area contributed by atoms with Gasteiger partial charge in [0.15, 0.2) is 0 Å². The summed E-state index contributed by atoms with van der Waals surface area (Å²) >= 11 is 0. The first-order valence-corrected chi connectivity index (χ1v) is 5.51. The van der Waals surface area contributed by atoms with Gasteiger partial charge < -0.3 is 0 Å². The highest BCUT2D eigenvalue weighted by Crippen LogP contribution is 2.30. The van der Waals surface area contributed by atoms with Crippen LogP contribution in [0.15, 0.2) is 36.4 Å². The molecule has 0 aromatic heterocycles. The van der Waals surface area contributed by atoms with Gasteiger partial charge in [0.1, 0.15) is 6.29 Å². The number of fused-ring (bicyclic) bond motifs is 1. The van der Waals surface area contributed by atoms with E-state index in [0.717, 1.165) is 11.8 Å². The second-order valence-corrected chi connectivity index (χ2v) is 5.15. The molecule has 0 radical (unpaired) electrons. The summed E-state index contributed by atoms with van der Waals surface area (Å²) in [5.74, 6) is 0. The molecule has 0 unspecified atom stereocenters. The minimum absolute atomic E-state index is 0.0982. The maximum Gasteiger partial charge on any atom is 0.150 e. The zero-order chi connectivity index (χ0) is 11.8. The molecule has 0 saturated heterocycles. The normalized spacial score (nSPS) is 11.7. The van der Waals surface area contributed by atoms with Crippen LogP contribution in [0.1, 0.15) is 36.7 Å². The van der Waals surface area contributed by atoms with Gasteiger partial charge in [-0.25, -0.2) is 0 Å². The minimum Gasteiger partial charge on any atom is -0.298 e. The molecule has 0 heterocycles. The van der Waals surface area contributed by atoms with E-state index < -0.39 is 0 Å². The molecular weight excluding hydrogens is 196 g/mol. The Labute approximate surface area is 96.1 Å². The van der Waals surface area contributed by atoms with Gasteiger partial charge in [0.05, 0.1) is 0 Å². The van der Waals surface area contributed by atoms with Gasteiger partial charge in [0.2, 0.25) is 0 Å². The average Bonchev–Trinajstić information content (AvgIpc) is 2.26. The van der Waals surface area contributed by atoms with Gasteiger partial charge in [-0.3, -0.25) is 4.79 Å². The zero-order valence-electron chi connectivity index (χ0n) is 9.95. The molecule has 0 spiro atoms. The molecule has 82 valence electrons. The van der Waals surface area contributed by atoms with Crippen LogP contribution in [-0.2, 0) is 5.41 Å². The van der Waals surface area contributed by atoms with Crippen molar-refractivity contribution < 1.29 is 4.79 Å². The highest BCUT2D eigenvalue weighted by atomic mass is 16.1. The highest BCUT2D eigenvalue weighted by Gasteiger charge is 2.16. The van der Waals surface area contributed by atoms with Gasteiger partial charge in [0.25, 0.3) is 0 Å². The molecule has 2 aromatic rings. The maximum absolute atomic E-state index is 10.8. The first-order valence-electron chi connectivity index (χ1n) is 5.51. The summed E-state index contributed by atoms with van der Waals surface area (Å²) in [5.41, 5.74) is 2.12. The summed E-state index contributed by atoms with van der Waals surface area (Å²) in [5, 5.41) is 2.37. The van der Waals surface area contributed by atoms with Crippen LogP contribution in [0, 0.1) is 0 Å². The average molecular weight is 212 g/mol. The number of hydrogen-bond donors (Lipinski definition) is 0. The third kappa shape index (κ3) is 1.85. The fourth-order valence-electron chi connectivity index (χ4n) is 2.02. The van der Waals surface area contributed by atoms with E-state index in [4.69, 9.17) is 0 Å². The first kappa shape index (κ1) is 10.9. The van der Waals surface area contributed by atoms with Gasteiger partial charge >= 0.3 is 0 Å². The molecule has 0 N–H and O–H groups in total. The number of carbonyl (C=O) groups excluding carboxylic acids is 1. The molecule has 0 aliphatic heterocycles.